The summed E-state index contributed by atoms with van der Waals surface area (Å²) in [6.45, 7) is 0. The Labute approximate surface area is 169 Å². The van der Waals surface area contributed by atoms with E-state index >= 15 is 0 Å². The van der Waals surface area contributed by atoms with Crippen molar-refractivity contribution < 1.29 is 18.7 Å². The van der Waals surface area contributed by atoms with Gasteiger partial charge >= 0.3 is 5.97 Å². The van der Waals surface area contributed by atoms with Crippen LogP contribution < -0.4 is 5.32 Å². The van der Waals surface area contributed by atoms with Gasteiger partial charge in [-0.25, -0.2) is 9.18 Å². The lowest BCUT2D eigenvalue weighted by atomic mass is 9.74. The van der Waals surface area contributed by atoms with Crippen LogP contribution in [0.1, 0.15) is 48.1 Å². The molecule has 1 saturated carbocycles. The highest BCUT2D eigenvalue weighted by molar-refractivity contribution is 6.31. The average molecular weight is 404 g/mol. The number of benzene rings is 2. The van der Waals surface area contributed by atoms with Crippen LogP contribution in [0.2, 0.25) is 0 Å². The molecule has 2 aromatic rings. The Bertz CT molecular complexity index is 835. The van der Waals surface area contributed by atoms with Crippen molar-refractivity contribution in [2.75, 3.05) is 7.11 Å². The molecule has 0 aromatic heterocycles. The molecule has 1 atom stereocenters. The van der Waals surface area contributed by atoms with E-state index in [0.29, 0.717) is 18.8 Å². The molecule has 148 valence electrons. The Morgan fingerprint density at radius 1 is 1.11 bits per heavy atom. The number of halogens is 2. The van der Waals surface area contributed by atoms with Crippen molar-refractivity contribution in [1.29, 1.82) is 0 Å². The largest absolute Gasteiger partial charge is 0.467 e. The smallest absolute Gasteiger partial charge is 0.331 e. The summed E-state index contributed by atoms with van der Waals surface area (Å²) in [5.74, 6) is -1.34. The zero-order valence-electron chi connectivity index (χ0n) is 15.7. The molecule has 4 nitrogen and oxygen atoms in total. The van der Waals surface area contributed by atoms with Gasteiger partial charge in [0.05, 0.1) is 7.11 Å². The number of amides is 1. The summed E-state index contributed by atoms with van der Waals surface area (Å²) in [6, 6.07) is 15.9. The van der Waals surface area contributed by atoms with Gasteiger partial charge in [-0.1, -0.05) is 48.5 Å². The van der Waals surface area contributed by atoms with E-state index in [9.17, 15) is 14.0 Å². The molecule has 0 aliphatic heterocycles. The Balaban J connectivity index is 1.75. The van der Waals surface area contributed by atoms with Crippen LogP contribution in [0.3, 0.4) is 0 Å². The van der Waals surface area contributed by atoms with Crippen molar-refractivity contribution in [3.63, 3.8) is 0 Å². The maximum absolute atomic E-state index is 14.0. The fraction of sp³-hybridized carbons (Fsp3) is 0.364. The number of carbonyl (C=O) groups excluding carboxylic acids is 2. The number of esters is 1. The zero-order chi connectivity index (χ0) is 20.1. The summed E-state index contributed by atoms with van der Waals surface area (Å²) >= 11 is 6.21. The third kappa shape index (κ3) is 4.20. The molecule has 2 aromatic carbocycles. The van der Waals surface area contributed by atoms with E-state index < -0.39 is 28.6 Å². The minimum Gasteiger partial charge on any atom is -0.467 e. The van der Waals surface area contributed by atoms with Gasteiger partial charge in [0.2, 0.25) is 5.91 Å². The SMILES string of the molecule is COC(=O)C1(NC(=O)C(Cl)c2ccccc2F)CCC(c2ccccc2)CC1. The maximum Gasteiger partial charge on any atom is 0.331 e. The van der Waals surface area contributed by atoms with E-state index in [-0.39, 0.29) is 5.56 Å². The molecule has 1 unspecified atom stereocenters. The van der Waals surface area contributed by atoms with E-state index in [0.717, 1.165) is 12.8 Å². The predicted molar refractivity (Wildman–Crippen MR) is 106 cm³/mol. The Morgan fingerprint density at radius 2 is 1.71 bits per heavy atom. The van der Waals surface area contributed by atoms with E-state index in [1.807, 2.05) is 18.2 Å². The first-order chi connectivity index (χ1) is 13.5. The second-order valence-corrected chi connectivity index (χ2v) is 7.57. The first-order valence-electron chi connectivity index (χ1n) is 9.31. The molecular weight excluding hydrogens is 381 g/mol. The molecule has 6 heteroatoms. The number of ether oxygens (including phenoxy) is 1. The van der Waals surface area contributed by atoms with Gasteiger partial charge in [-0.15, -0.1) is 11.6 Å². The number of alkyl halides is 1. The van der Waals surface area contributed by atoms with Crippen molar-refractivity contribution in [1.82, 2.24) is 5.32 Å². The van der Waals surface area contributed by atoms with Gasteiger partial charge in [-0.3, -0.25) is 4.79 Å². The van der Waals surface area contributed by atoms with Crippen LogP contribution in [0.15, 0.2) is 54.6 Å². The average Bonchev–Trinajstić information content (AvgIpc) is 2.74. The Kier molecular flexibility index (Phi) is 6.35. The molecule has 1 amide bonds. The number of rotatable bonds is 5. The normalized spacial score (nSPS) is 22.9. The lowest BCUT2D eigenvalue weighted by Gasteiger charge is -2.39. The van der Waals surface area contributed by atoms with Crippen molar-refractivity contribution in [3.8, 4) is 0 Å². The molecule has 0 spiro atoms. The van der Waals surface area contributed by atoms with Gasteiger partial charge in [-0.05, 0) is 43.2 Å². The first kappa shape index (κ1) is 20.3. The fourth-order valence-corrected chi connectivity index (χ4v) is 4.10. The van der Waals surface area contributed by atoms with Crippen LogP contribution in [-0.4, -0.2) is 24.5 Å². The van der Waals surface area contributed by atoms with Gasteiger partial charge in [0, 0.05) is 5.56 Å². The molecule has 3 rings (SSSR count). The zero-order valence-corrected chi connectivity index (χ0v) is 16.4. The minimum atomic E-state index is -1.23. The second kappa shape index (κ2) is 8.74. The summed E-state index contributed by atoms with van der Waals surface area (Å²) < 4.78 is 19.0. The van der Waals surface area contributed by atoms with Crippen LogP contribution >= 0.6 is 11.6 Å². The third-order valence-corrected chi connectivity index (χ3v) is 5.89. The maximum atomic E-state index is 14.0. The van der Waals surface area contributed by atoms with Crippen LogP contribution in [0, 0.1) is 5.82 Å². The Morgan fingerprint density at radius 3 is 2.32 bits per heavy atom. The van der Waals surface area contributed by atoms with E-state index in [1.54, 1.807) is 6.07 Å². The van der Waals surface area contributed by atoms with Crippen LogP contribution in [0.5, 0.6) is 0 Å². The molecule has 1 aliphatic carbocycles. The molecule has 0 heterocycles. The van der Waals surface area contributed by atoms with Crippen LogP contribution in [0.25, 0.3) is 0 Å². The monoisotopic (exact) mass is 403 g/mol. The molecular formula is C22H23ClFNO3. The molecule has 28 heavy (non-hydrogen) atoms. The van der Waals surface area contributed by atoms with Gasteiger partial charge in [0.1, 0.15) is 16.7 Å². The molecule has 1 fully saturated rings. The van der Waals surface area contributed by atoms with E-state index in [2.05, 4.69) is 17.4 Å². The topological polar surface area (TPSA) is 55.4 Å². The minimum absolute atomic E-state index is 0.0830. The molecule has 0 radical (unpaired) electrons. The van der Waals surface area contributed by atoms with E-state index in [1.165, 1.54) is 30.9 Å². The summed E-state index contributed by atoms with van der Waals surface area (Å²) in [6.07, 6.45) is 2.33. The number of hydrogen-bond acceptors (Lipinski definition) is 3. The fourth-order valence-electron chi connectivity index (χ4n) is 3.87. The molecule has 0 saturated heterocycles. The van der Waals surface area contributed by atoms with Crippen molar-refractivity contribution in [2.24, 2.45) is 0 Å². The summed E-state index contributed by atoms with van der Waals surface area (Å²) in [4.78, 5) is 25.3. The third-order valence-electron chi connectivity index (χ3n) is 5.46. The number of carbonyl (C=O) groups is 2. The highest BCUT2D eigenvalue weighted by atomic mass is 35.5. The van der Waals surface area contributed by atoms with E-state index in [4.69, 9.17) is 16.3 Å². The van der Waals surface area contributed by atoms with Crippen LogP contribution in [-0.2, 0) is 14.3 Å². The van der Waals surface area contributed by atoms with Gasteiger partial charge < -0.3 is 10.1 Å². The van der Waals surface area contributed by atoms with Crippen molar-refractivity contribution >= 4 is 23.5 Å². The summed E-state index contributed by atoms with van der Waals surface area (Å²) in [5.41, 5.74) is 0.156. The lowest BCUT2D eigenvalue weighted by molar-refractivity contribution is -0.152. The first-order valence-corrected chi connectivity index (χ1v) is 9.74. The highest BCUT2D eigenvalue weighted by Gasteiger charge is 2.45. The molecule has 1 N–H and O–H groups in total. The Hall–Kier alpha value is -2.40. The molecule has 0 bridgehead atoms. The van der Waals surface area contributed by atoms with Gasteiger partial charge in [0.15, 0.2) is 0 Å². The predicted octanol–water partition coefficient (Wildman–Crippen LogP) is 4.49. The number of hydrogen-bond donors (Lipinski definition) is 1. The van der Waals surface area contributed by atoms with Gasteiger partial charge in [0.25, 0.3) is 0 Å². The van der Waals surface area contributed by atoms with Crippen molar-refractivity contribution in [3.05, 3.63) is 71.5 Å². The standard InChI is InChI=1S/C22H23ClFNO3/c1-28-21(27)22(13-11-16(12-14-22)15-7-3-2-4-8-15)25-20(26)19(23)17-9-5-6-10-18(17)24/h2-10,16,19H,11-14H2,1H3,(H,25,26). The number of nitrogens with one attached hydrogen (secondary N) is 1. The number of methoxy groups -OCH3 is 1. The van der Waals surface area contributed by atoms with Crippen molar-refractivity contribution in [2.45, 2.75) is 42.5 Å². The van der Waals surface area contributed by atoms with Crippen LogP contribution in [0.4, 0.5) is 4.39 Å². The molecule has 1 aliphatic rings. The summed E-state index contributed by atoms with van der Waals surface area (Å²) in [7, 11) is 1.30. The lowest BCUT2D eigenvalue weighted by Crippen LogP contribution is -2.57. The second-order valence-electron chi connectivity index (χ2n) is 7.13. The quantitative estimate of drug-likeness (QED) is 0.591. The highest BCUT2D eigenvalue weighted by Crippen LogP contribution is 2.39. The summed E-state index contributed by atoms with van der Waals surface area (Å²) in [5, 5.41) is 1.54. The van der Waals surface area contributed by atoms with Gasteiger partial charge in [-0.2, -0.15) is 0 Å².